The van der Waals surface area contributed by atoms with Gasteiger partial charge in [-0.1, -0.05) is 23.8 Å². The van der Waals surface area contributed by atoms with E-state index in [1.54, 1.807) is 28.0 Å². The monoisotopic (exact) mass is 536 g/mol. The fourth-order valence-electron chi connectivity index (χ4n) is 5.53. The smallest absolute Gasteiger partial charge is 0.270 e. The Morgan fingerprint density at radius 2 is 1.82 bits per heavy atom. The highest BCUT2D eigenvalue weighted by Gasteiger charge is 2.54. The number of likely N-dealkylation sites (tertiary alicyclic amines) is 1. The largest absolute Gasteiger partial charge is 0.376 e. The molecular formula is C28H32N4O7. The number of piperidine rings is 1. The minimum absolute atomic E-state index is 0.0328. The summed E-state index contributed by atoms with van der Waals surface area (Å²) in [5.74, 6) is -0.921. The number of carbonyl (C=O) groups excluding carboxylic acids is 3. The van der Waals surface area contributed by atoms with Crippen molar-refractivity contribution in [3.63, 3.8) is 0 Å². The molecule has 39 heavy (non-hydrogen) atoms. The first kappa shape index (κ1) is 26.8. The Morgan fingerprint density at radius 3 is 2.49 bits per heavy atom. The minimum Gasteiger partial charge on any atom is -0.376 e. The third kappa shape index (κ3) is 5.50. The number of amides is 3. The molecule has 2 atom stereocenters. The Morgan fingerprint density at radius 1 is 1.08 bits per heavy atom. The van der Waals surface area contributed by atoms with Gasteiger partial charge in [0, 0.05) is 62.3 Å². The molecule has 3 aliphatic rings. The quantitative estimate of drug-likeness (QED) is 0.444. The van der Waals surface area contributed by atoms with Gasteiger partial charge in [0.15, 0.2) is 0 Å². The number of aryl methyl sites for hydroxylation is 1. The fraction of sp³-hybridized carbons (Fsp3) is 0.464. The predicted octanol–water partition coefficient (Wildman–Crippen LogP) is 2.67. The van der Waals surface area contributed by atoms with Crippen molar-refractivity contribution in [3.05, 3.63) is 75.3 Å². The van der Waals surface area contributed by atoms with Crippen molar-refractivity contribution in [2.45, 2.75) is 50.5 Å². The number of nitrogens with zero attached hydrogens (tertiary/aromatic N) is 3. The zero-order valence-corrected chi connectivity index (χ0v) is 21.8. The number of non-ortho nitro benzene ring substituents is 1. The molecular weight excluding hydrogens is 504 g/mol. The van der Waals surface area contributed by atoms with Crippen molar-refractivity contribution in [2.75, 3.05) is 32.8 Å². The van der Waals surface area contributed by atoms with Gasteiger partial charge in [0.2, 0.25) is 5.91 Å². The molecule has 2 aromatic carbocycles. The van der Waals surface area contributed by atoms with E-state index in [0.29, 0.717) is 31.6 Å². The second-order valence-electron chi connectivity index (χ2n) is 10.3. The SMILES string of the molecule is Cc1ccc(C(=O)N2[C@@H](C(=O)NC[C@H]3CCCO3)COC23CCN(C(=O)c2cccc([N+](=O)[O-])c2)CC3)cc1. The van der Waals surface area contributed by atoms with Crippen molar-refractivity contribution < 1.29 is 28.8 Å². The predicted molar refractivity (Wildman–Crippen MR) is 140 cm³/mol. The molecule has 0 aromatic heterocycles. The second-order valence-corrected chi connectivity index (χ2v) is 10.3. The lowest BCUT2D eigenvalue weighted by molar-refractivity contribution is -0.384. The molecule has 3 amide bonds. The molecule has 3 saturated heterocycles. The first-order valence-electron chi connectivity index (χ1n) is 13.2. The molecule has 0 saturated carbocycles. The number of nitrogens with one attached hydrogen (secondary N) is 1. The van der Waals surface area contributed by atoms with E-state index in [9.17, 15) is 24.5 Å². The summed E-state index contributed by atoms with van der Waals surface area (Å²) < 4.78 is 11.9. The van der Waals surface area contributed by atoms with Crippen molar-refractivity contribution >= 4 is 23.4 Å². The molecule has 3 aliphatic heterocycles. The maximum absolute atomic E-state index is 13.8. The van der Waals surface area contributed by atoms with Gasteiger partial charge in [0.05, 0.1) is 17.6 Å². The van der Waals surface area contributed by atoms with Gasteiger partial charge in [-0.25, -0.2) is 0 Å². The van der Waals surface area contributed by atoms with Crippen LogP contribution in [0.5, 0.6) is 0 Å². The zero-order chi connectivity index (χ0) is 27.6. The molecule has 2 aromatic rings. The third-order valence-electron chi connectivity index (χ3n) is 7.74. The average Bonchev–Trinajstić information content (AvgIpc) is 3.60. The Labute approximate surface area is 226 Å². The summed E-state index contributed by atoms with van der Waals surface area (Å²) in [5.41, 5.74) is 0.495. The second kappa shape index (κ2) is 11.1. The molecule has 11 heteroatoms. The molecule has 1 N–H and O–H groups in total. The van der Waals surface area contributed by atoms with E-state index in [1.807, 2.05) is 19.1 Å². The van der Waals surface area contributed by atoms with Gasteiger partial charge in [-0.3, -0.25) is 29.4 Å². The fourth-order valence-corrected chi connectivity index (χ4v) is 5.53. The minimum atomic E-state index is -1.05. The van der Waals surface area contributed by atoms with Crippen LogP contribution >= 0.6 is 0 Å². The van der Waals surface area contributed by atoms with Gasteiger partial charge >= 0.3 is 0 Å². The molecule has 0 bridgehead atoms. The van der Waals surface area contributed by atoms with Crippen LogP contribution < -0.4 is 5.32 Å². The molecule has 3 heterocycles. The highest BCUT2D eigenvalue weighted by atomic mass is 16.6. The van der Waals surface area contributed by atoms with Crippen LogP contribution in [0.1, 0.15) is 52.0 Å². The van der Waals surface area contributed by atoms with Crippen molar-refractivity contribution in [1.82, 2.24) is 15.1 Å². The van der Waals surface area contributed by atoms with E-state index >= 15 is 0 Å². The lowest BCUT2D eigenvalue weighted by Crippen LogP contribution is -2.60. The summed E-state index contributed by atoms with van der Waals surface area (Å²) in [4.78, 5) is 54.1. The van der Waals surface area contributed by atoms with Crippen molar-refractivity contribution in [2.24, 2.45) is 0 Å². The highest BCUT2D eigenvalue weighted by molar-refractivity contribution is 5.99. The molecule has 0 aliphatic carbocycles. The number of carbonyl (C=O) groups is 3. The number of ether oxygens (including phenoxy) is 2. The van der Waals surface area contributed by atoms with Crippen LogP contribution in [0.4, 0.5) is 5.69 Å². The maximum Gasteiger partial charge on any atom is 0.270 e. The Bertz CT molecular complexity index is 1250. The van der Waals surface area contributed by atoms with E-state index in [0.717, 1.165) is 18.4 Å². The van der Waals surface area contributed by atoms with Crippen LogP contribution in [0.2, 0.25) is 0 Å². The molecule has 5 rings (SSSR count). The van der Waals surface area contributed by atoms with Gasteiger partial charge in [-0.2, -0.15) is 0 Å². The van der Waals surface area contributed by atoms with Crippen LogP contribution in [0, 0.1) is 17.0 Å². The summed E-state index contributed by atoms with van der Waals surface area (Å²) in [5, 5.41) is 14.1. The lowest BCUT2D eigenvalue weighted by atomic mass is 9.96. The number of nitro benzene ring substituents is 1. The van der Waals surface area contributed by atoms with E-state index in [2.05, 4.69) is 5.32 Å². The first-order chi connectivity index (χ1) is 18.8. The summed E-state index contributed by atoms with van der Waals surface area (Å²) in [6, 6.07) is 12.0. The van der Waals surface area contributed by atoms with Gasteiger partial charge in [-0.15, -0.1) is 0 Å². The molecule has 0 radical (unpaired) electrons. The van der Waals surface area contributed by atoms with E-state index in [-0.39, 0.29) is 54.8 Å². The molecule has 1 spiro atoms. The topological polar surface area (TPSA) is 131 Å². The summed E-state index contributed by atoms with van der Waals surface area (Å²) >= 11 is 0. The number of rotatable bonds is 6. The van der Waals surface area contributed by atoms with Crippen LogP contribution in [0.25, 0.3) is 0 Å². The number of nitro groups is 1. The van der Waals surface area contributed by atoms with E-state index < -0.39 is 16.7 Å². The molecule has 0 unspecified atom stereocenters. The standard InChI is InChI=1S/C28H32N4O7/c1-19-7-9-20(10-8-19)27(35)31-24(25(33)29-17-23-6-3-15-38-23)18-39-28(31)11-13-30(14-12-28)26(34)21-4-2-5-22(16-21)32(36)37/h2,4-5,7-10,16,23-24H,3,6,11-15,17-18H2,1H3,(H,29,33)/t23-,24-/m1/s1. The van der Waals surface area contributed by atoms with Crippen LogP contribution in [0.15, 0.2) is 48.5 Å². The Balaban J connectivity index is 1.34. The summed E-state index contributed by atoms with van der Waals surface area (Å²) in [6.07, 6.45) is 2.42. The van der Waals surface area contributed by atoms with Crippen LogP contribution in [-0.2, 0) is 14.3 Å². The highest BCUT2D eigenvalue weighted by Crippen LogP contribution is 2.39. The summed E-state index contributed by atoms with van der Waals surface area (Å²) in [7, 11) is 0. The third-order valence-corrected chi connectivity index (χ3v) is 7.74. The van der Waals surface area contributed by atoms with Crippen LogP contribution in [0.3, 0.4) is 0 Å². The van der Waals surface area contributed by atoms with Crippen LogP contribution in [-0.4, -0.2) is 83.2 Å². The molecule has 206 valence electrons. The van der Waals surface area contributed by atoms with E-state index in [4.69, 9.17) is 9.47 Å². The number of benzene rings is 2. The van der Waals surface area contributed by atoms with E-state index in [1.165, 1.54) is 18.2 Å². The van der Waals surface area contributed by atoms with Gasteiger partial charge in [0.1, 0.15) is 11.8 Å². The first-order valence-corrected chi connectivity index (χ1v) is 13.2. The average molecular weight is 537 g/mol. The Hall–Kier alpha value is -3.83. The van der Waals surface area contributed by atoms with Gasteiger partial charge in [0.25, 0.3) is 17.5 Å². The van der Waals surface area contributed by atoms with Crippen molar-refractivity contribution in [3.8, 4) is 0 Å². The number of hydrogen-bond donors (Lipinski definition) is 1. The Kier molecular flexibility index (Phi) is 7.62. The number of hydrogen-bond acceptors (Lipinski definition) is 7. The van der Waals surface area contributed by atoms with Crippen molar-refractivity contribution in [1.29, 1.82) is 0 Å². The normalized spacial score (nSPS) is 22.2. The zero-order valence-electron chi connectivity index (χ0n) is 21.8. The summed E-state index contributed by atoms with van der Waals surface area (Å²) in [6.45, 7) is 3.57. The molecule has 3 fully saturated rings. The van der Waals surface area contributed by atoms with Gasteiger partial charge < -0.3 is 19.7 Å². The van der Waals surface area contributed by atoms with Gasteiger partial charge in [-0.05, 0) is 38.0 Å². The lowest BCUT2D eigenvalue weighted by Gasteiger charge is -2.44. The molecule has 11 nitrogen and oxygen atoms in total. The maximum atomic E-state index is 13.8.